The molecule has 2 atom stereocenters. The van der Waals surface area contributed by atoms with Crippen molar-refractivity contribution in [2.75, 3.05) is 18.1 Å². The lowest BCUT2D eigenvalue weighted by atomic mass is 10.1. The average molecular weight is 233 g/mol. The van der Waals surface area contributed by atoms with Gasteiger partial charge >= 0.3 is 0 Å². The number of hydrogen-bond acceptors (Lipinski definition) is 3. The first-order valence-electron chi connectivity index (χ1n) is 5.97. The van der Waals surface area contributed by atoms with Crippen LogP contribution < -0.4 is 5.32 Å². The van der Waals surface area contributed by atoms with Crippen LogP contribution in [0.25, 0.3) is 0 Å². The highest BCUT2D eigenvalue weighted by molar-refractivity contribution is 7.91. The minimum atomic E-state index is -2.70. The van der Waals surface area contributed by atoms with Gasteiger partial charge in [-0.2, -0.15) is 0 Å². The summed E-state index contributed by atoms with van der Waals surface area (Å²) in [7, 11) is -2.70. The quantitative estimate of drug-likeness (QED) is 0.758. The van der Waals surface area contributed by atoms with E-state index in [2.05, 4.69) is 19.2 Å². The number of hydrogen-bond donors (Lipinski definition) is 1. The Bertz CT molecular complexity index is 274. The summed E-state index contributed by atoms with van der Waals surface area (Å²) in [5.41, 5.74) is 0. The van der Waals surface area contributed by atoms with Gasteiger partial charge in [-0.05, 0) is 32.2 Å². The maximum atomic E-state index is 11.2. The molecule has 1 heterocycles. The monoisotopic (exact) mass is 233 g/mol. The number of sulfone groups is 1. The second-order valence-electron chi connectivity index (χ2n) is 4.72. The molecule has 3 nitrogen and oxygen atoms in total. The highest BCUT2D eigenvalue weighted by Gasteiger charge is 2.27. The van der Waals surface area contributed by atoms with E-state index >= 15 is 0 Å². The molecule has 1 N–H and O–H groups in total. The van der Waals surface area contributed by atoms with Crippen LogP contribution in [0.3, 0.4) is 0 Å². The zero-order chi connectivity index (χ0) is 11.3. The Morgan fingerprint density at radius 1 is 1.47 bits per heavy atom. The van der Waals surface area contributed by atoms with Crippen LogP contribution in [0.2, 0.25) is 0 Å². The molecule has 2 unspecified atom stereocenters. The summed E-state index contributed by atoms with van der Waals surface area (Å²) >= 11 is 0. The van der Waals surface area contributed by atoms with Gasteiger partial charge in [-0.25, -0.2) is 8.42 Å². The van der Waals surface area contributed by atoms with Crippen molar-refractivity contribution < 1.29 is 8.42 Å². The molecule has 0 aliphatic carbocycles. The molecule has 1 aliphatic heterocycles. The van der Waals surface area contributed by atoms with Gasteiger partial charge in [0.25, 0.3) is 0 Å². The minimum Gasteiger partial charge on any atom is -0.314 e. The van der Waals surface area contributed by atoms with Crippen molar-refractivity contribution in [1.29, 1.82) is 0 Å². The second kappa shape index (κ2) is 5.85. The topological polar surface area (TPSA) is 46.2 Å². The number of rotatable bonds is 6. The van der Waals surface area contributed by atoms with Gasteiger partial charge in [-0.3, -0.25) is 0 Å². The molecule has 0 saturated carbocycles. The van der Waals surface area contributed by atoms with Crippen molar-refractivity contribution in [3.05, 3.63) is 0 Å². The normalized spacial score (nSPS) is 26.7. The Morgan fingerprint density at radius 3 is 2.73 bits per heavy atom. The molecular formula is C11H23NO2S. The van der Waals surface area contributed by atoms with Crippen LogP contribution in [0.15, 0.2) is 0 Å². The van der Waals surface area contributed by atoms with Gasteiger partial charge in [0.15, 0.2) is 9.84 Å². The zero-order valence-electron chi connectivity index (χ0n) is 9.83. The number of nitrogens with one attached hydrogen (secondary N) is 1. The van der Waals surface area contributed by atoms with E-state index in [0.717, 1.165) is 13.0 Å². The highest BCUT2D eigenvalue weighted by Crippen LogP contribution is 2.17. The third-order valence-corrected chi connectivity index (χ3v) is 4.91. The SMILES string of the molecule is CCCCC(C)NCC1CCS(=O)(=O)C1. The molecule has 0 spiro atoms. The molecule has 1 rings (SSSR count). The lowest BCUT2D eigenvalue weighted by molar-refractivity contribution is 0.441. The van der Waals surface area contributed by atoms with Crippen molar-refractivity contribution in [1.82, 2.24) is 5.32 Å². The molecule has 1 fully saturated rings. The van der Waals surface area contributed by atoms with Crippen LogP contribution in [-0.4, -0.2) is 32.5 Å². The first-order chi connectivity index (χ1) is 7.03. The van der Waals surface area contributed by atoms with Crippen LogP contribution >= 0.6 is 0 Å². The molecule has 4 heteroatoms. The smallest absolute Gasteiger partial charge is 0.150 e. The summed E-state index contributed by atoms with van der Waals surface area (Å²) in [5, 5.41) is 3.43. The van der Waals surface area contributed by atoms with Crippen LogP contribution in [-0.2, 0) is 9.84 Å². The van der Waals surface area contributed by atoms with Crippen molar-refractivity contribution >= 4 is 9.84 Å². The predicted octanol–water partition coefficient (Wildman–Crippen LogP) is 1.59. The molecule has 0 aromatic rings. The fourth-order valence-electron chi connectivity index (χ4n) is 2.01. The fourth-order valence-corrected chi connectivity index (χ4v) is 3.88. The average Bonchev–Trinajstić information content (AvgIpc) is 2.52. The van der Waals surface area contributed by atoms with Crippen LogP contribution in [0.4, 0.5) is 0 Å². The summed E-state index contributed by atoms with van der Waals surface area (Å²) in [6.07, 6.45) is 4.51. The molecule has 0 bridgehead atoms. The summed E-state index contributed by atoms with van der Waals surface area (Å²) in [5.74, 6) is 1.13. The molecule has 0 amide bonds. The molecule has 0 radical (unpaired) electrons. The third-order valence-electron chi connectivity index (χ3n) is 3.07. The molecule has 0 aromatic carbocycles. The van der Waals surface area contributed by atoms with Crippen molar-refractivity contribution in [3.63, 3.8) is 0 Å². The zero-order valence-corrected chi connectivity index (χ0v) is 10.6. The molecule has 15 heavy (non-hydrogen) atoms. The summed E-state index contributed by atoms with van der Waals surface area (Å²) in [4.78, 5) is 0. The highest BCUT2D eigenvalue weighted by atomic mass is 32.2. The van der Waals surface area contributed by atoms with Crippen LogP contribution in [0.1, 0.15) is 39.5 Å². The van der Waals surface area contributed by atoms with E-state index < -0.39 is 9.84 Å². The Kier molecular flexibility index (Phi) is 5.06. The fraction of sp³-hybridized carbons (Fsp3) is 1.00. The Labute approximate surface area is 93.6 Å². The van der Waals surface area contributed by atoms with Gasteiger partial charge < -0.3 is 5.32 Å². The minimum absolute atomic E-state index is 0.346. The maximum absolute atomic E-state index is 11.2. The first kappa shape index (κ1) is 13.0. The Morgan fingerprint density at radius 2 is 2.20 bits per heavy atom. The largest absolute Gasteiger partial charge is 0.314 e. The van der Waals surface area contributed by atoms with Gasteiger partial charge in [0.05, 0.1) is 11.5 Å². The van der Waals surface area contributed by atoms with E-state index in [1.807, 2.05) is 0 Å². The summed E-state index contributed by atoms with van der Waals surface area (Å²) in [6.45, 7) is 5.24. The Balaban J connectivity index is 2.15. The molecule has 1 saturated heterocycles. The van der Waals surface area contributed by atoms with Crippen LogP contribution in [0.5, 0.6) is 0 Å². The van der Waals surface area contributed by atoms with E-state index in [0.29, 0.717) is 23.5 Å². The van der Waals surface area contributed by atoms with Crippen molar-refractivity contribution in [2.24, 2.45) is 5.92 Å². The predicted molar refractivity (Wildman–Crippen MR) is 63.8 cm³/mol. The lowest BCUT2D eigenvalue weighted by Crippen LogP contribution is -2.31. The Hall–Kier alpha value is -0.0900. The lowest BCUT2D eigenvalue weighted by Gasteiger charge is -2.15. The van der Waals surface area contributed by atoms with Crippen molar-refractivity contribution in [2.45, 2.75) is 45.6 Å². The van der Waals surface area contributed by atoms with E-state index in [1.165, 1.54) is 19.3 Å². The molecular weight excluding hydrogens is 210 g/mol. The van der Waals surface area contributed by atoms with Gasteiger partial charge in [0.1, 0.15) is 0 Å². The maximum Gasteiger partial charge on any atom is 0.150 e. The van der Waals surface area contributed by atoms with Gasteiger partial charge in [0, 0.05) is 6.04 Å². The van der Waals surface area contributed by atoms with Gasteiger partial charge in [-0.1, -0.05) is 19.8 Å². The van der Waals surface area contributed by atoms with Crippen molar-refractivity contribution in [3.8, 4) is 0 Å². The van der Waals surface area contributed by atoms with Gasteiger partial charge in [-0.15, -0.1) is 0 Å². The standard InChI is InChI=1S/C11H23NO2S/c1-3-4-5-10(2)12-8-11-6-7-15(13,14)9-11/h10-12H,3-9H2,1-2H3. The molecule has 0 aromatic heterocycles. The second-order valence-corrected chi connectivity index (χ2v) is 6.95. The van der Waals surface area contributed by atoms with E-state index in [9.17, 15) is 8.42 Å². The van der Waals surface area contributed by atoms with E-state index in [1.54, 1.807) is 0 Å². The summed E-state index contributed by atoms with van der Waals surface area (Å²) < 4.78 is 22.5. The molecule has 1 aliphatic rings. The van der Waals surface area contributed by atoms with E-state index in [-0.39, 0.29) is 0 Å². The first-order valence-corrected chi connectivity index (χ1v) is 7.79. The molecule has 90 valence electrons. The van der Waals surface area contributed by atoms with Gasteiger partial charge in [0.2, 0.25) is 0 Å². The van der Waals surface area contributed by atoms with E-state index in [4.69, 9.17) is 0 Å². The van der Waals surface area contributed by atoms with Crippen LogP contribution in [0, 0.1) is 5.92 Å². The third kappa shape index (κ3) is 4.98. The summed E-state index contributed by atoms with van der Waals surface area (Å²) in [6, 6.07) is 0.522. The number of unbranched alkanes of at least 4 members (excludes halogenated alkanes) is 1.